The van der Waals surface area contributed by atoms with E-state index < -0.39 is 5.41 Å². The predicted molar refractivity (Wildman–Crippen MR) is 113 cm³/mol. The lowest BCUT2D eigenvalue weighted by Crippen LogP contribution is -2.32. The topological polar surface area (TPSA) is 30.3 Å². The van der Waals surface area contributed by atoms with E-state index in [0.29, 0.717) is 5.56 Å². The Labute approximate surface area is 166 Å². The van der Waals surface area contributed by atoms with Crippen LogP contribution in [0.1, 0.15) is 16.7 Å². The number of para-hydroxylation sites is 2. The molecule has 0 saturated carbocycles. The summed E-state index contributed by atoms with van der Waals surface area (Å²) in [5.41, 5.74) is 2.93. The maximum atomic E-state index is 14.3. The Kier molecular flexibility index (Phi) is 5.37. The number of nitriles is 1. The second-order valence-corrected chi connectivity index (χ2v) is 7.20. The Hall–Kier alpha value is -3.32. The van der Waals surface area contributed by atoms with Gasteiger partial charge in [0.25, 0.3) is 0 Å². The Morgan fingerprint density at radius 3 is 1.68 bits per heavy atom. The van der Waals surface area contributed by atoms with Gasteiger partial charge in [-0.3, -0.25) is 0 Å². The molecule has 3 aromatic carbocycles. The summed E-state index contributed by atoms with van der Waals surface area (Å²) < 4.78 is 14.3. The van der Waals surface area contributed by atoms with Gasteiger partial charge in [0.05, 0.1) is 6.07 Å². The molecule has 0 spiro atoms. The summed E-state index contributed by atoms with van der Waals surface area (Å²) in [7, 11) is 7.80. The Balaban J connectivity index is 2.48. The average Bonchev–Trinajstić information content (AvgIpc) is 2.69. The molecule has 0 radical (unpaired) electrons. The van der Waals surface area contributed by atoms with Crippen molar-refractivity contribution in [3.63, 3.8) is 0 Å². The number of benzene rings is 3. The molecule has 142 valence electrons. The van der Waals surface area contributed by atoms with E-state index in [1.807, 2.05) is 92.6 Å². The van der Waals surface area contributed by atoms with Crippen LogP contribution in [0.15, 0.2) is 72.8 Å². The van der Waals surface area contributed by atoms with Gasteiger partial charge in [-0.15, -0.1) is 0 Å². The van der Waals surface area contributed by atoms with Gasteiger partial charge in [0, 0.05) is 50.7 Å². The van der Waals surface area contributed by atoms with Crippen molar-refractivity contribution in [1.82, 2.24) is 0 Å². The predicted octanol–water partition coefficient (Wildman–Crippen LogP) is 4.82. The first-order valence-corrected chi connectivity index (χ1v) is 9.12. The van der Waals surface area contributed by atoms with Crippen molar-refractivity contribution < 1.29 is 4.39 Å². The van der Waals surface area contributed by atoms with Crippen LogP contribution in [0.25, 0.3) is 0 Å². The van der Waals surface area contributed by atoms with Crippen LogP contribution < -0.4 is 9.80 Å². The summed E-state index contributed by atoms with van der Waals surface area (Å²) in [6.07, 6.45) is 0. The van der Waals surface area contributed by atoms with Crippen LogP contribution in [0, 0.1) is 17.1 Å². The Bertz CT molecular complexity index is 967. The molecular formula is C24H24FN3. The molecule has 0 heterocycles. The van der Waals surface area contributed by atoms with E-state index in [-0.39, 0.29) is 5.82 Å². The lowest BCUT2D eigenvalue weighted by molar-refractivity contribution is 0.621. The highest BCUT2D eigenvalue weighted by atomic mass is 19.1. The molecule has 4 heteroatoms. The Morgan fingerprint density at radius 2 is 1.25 bits per heavy atom. The van der Waals surface area contributed by atoms with Crippen molar-refractivity contribution in [2.24, 2.45) is 0 Å². The van der Waals surface area contributed by atoms with Crippen LogP contribution >= 0.6 is 0 Å². The molecular weight excluding hydrogens is 349 g/mol. The molecule has 28 heavy (non-hydrogen) atoms. The van der Waals surface area contributed by atoms with Gasteiger partial charge in [-0.2, -0.15) is 5.26 Å². The standard InChI is InChI=1S/C24H24FN3/c1-27(2)22-14-7-5-12-20(22)24(17-26,18-10-9-11-19(25)16-18)21-13-6-8-15-23(21)28(3)4/h5-16H,1-4H3. The van der Waals surface area contributed by atoms with Gasteiger partial charge < -0.3 is 9.80 Å². The minimum absolute atomic E-state index is 0.359. The van der Waals surface area contributed by atoms with E-state index in [0.717, 1.165) is 22.5 Å². The fourth-order valence-corrected chi connectivity index (χ4v) is 3.72. The molecule has 0 amide bonds. The minimum atomic E-state index is -1.16. The summed E-state index contributed by atoms with van der Waals surface area (Å²) in [5.74, 6) is -0.359. The van der Waals surface area contributed by atoms with Gasteiger partial charge in [0.15, 0.2) is 0 Å². The molecule has 0 aliphatic carbocycles. The molecule has 0 aliphatic heterocycles. The number of hydrogen-bond acceptors (Lipinski definition) is 3. The zero-order valence-corrected chi connectivity index (χ0v) is 16.6. The number of halogens is 1. The first-order chi connectivity index (χ1) is 13.4. The van der Waals surface area contributed by atoms with Gasteiger partial charge in [-0.05, 0) is 29.8 Å². The van der Waals surface area contributed by atoms with Gasteiger partial charge >= 0.3 is 0 Å². The summed E-state index contributed by atoms with van der Waals surface area (Å²) in [6, 6.07) is 24.5. The second-order valence-electron chi connectivity index (χ2n) is 7.20. The van der Waals surface area contributed by atoms with E-state index in [4.69, 9.17) is 0 Å². The smallest absolute Gasteiger partial charge is 0.136 e. The lowest BCUT2D eigenvalue weighted by atomic mass is 9.69. The lowest BCUT2D eigenvalue weighted by Gasteiger charge is -2.34. The van der Waals surface area contributed by atoms with Crippen LogP contribution in [0.2, 0.25) is 0 Å². The van der Waals surface area contributed by atoms with Crippen LogP contribution in [0.3, 0.4) is 0 Å². The first kappa shape index (κ1) is 19.4. The third kappa shape index (κ3) is 3.20. The molecule has 3 rings (SSSR count). The van der Waals surface area contributed by atoms with Gasteiger partial charge in [0.1, 0.15) is 11.2 Å². The summed E-state index contributed by atoms with van der Waals surface area (Å²) in [5, 5.41) is 10.6. The van der Waals surface area contributed by atoms with Crippen molar-refractivity contribution in [3.8, 4) is 6.07 Å². The van der Waals surface area contributed by atoms with E-state index >= 15 is 0 Å². The molecule has 0 bridgehead atoms. The third-order valence-electron chi connectivity index (χ3n) is 5.01. The van der Waals surface area contributed by atoms with Crippen molar-refractivity contribution in [1.29, 1.82) is 5.26 Å². The zero-order chi connectivity index (χ0) is 20.3. The van der Waals surface area contributed by atoms with Crippen LogP contribution in [-0.2, 0) is 5.41 Å². The first-order valence-electron chi connectivity index (χ1n) is 9.12. The molecule has 0 saturated heterocycles. The van der Waals surface area contributed by atoms with Gasteiger partial charge in [-0.1, -0.05) is 48.5 Å². The number of rotatable bonds is 5. The maximum absolute atomic E-state index is 14.3. The average molecular weight is 373 g/mol. The van der Waals surface area contributed by atoms with Crippen molar-refractivity contribution in [2.75, 3.05) is 38.0 Å². The van der Waals surface area contributed by atoms with Crippen molar-refractivity contribution in [3.05, 3.63) is 95.3 Å². The van der Waals surface area contributed by atoms with Gasteiger partial charge in [0.2, 0.25) is 0 Å². The molecule has 0 aromatic heterocycles. The van der Waals surface area contributed by atoms with Crippen molar-refractivity contribution in [2.45, 2.75) is 5.41 Å². The van der Waals surface area contributed by atoms with Crippen LogP contribution in [-0.4, -0.2) is 28.2 Å². The van der Waals surface area contributed by atoms with E-state index in [2.05, 4.69) is 6.07 Å². The van der Waals surface area contributed by atoms with Crippen LogP contribution in [0.4, 0.5) is 15.8 Å². The van der Waals surface area contributed by atoms with Gasteiger partial charge in [-0.25, -0.2) is 4.39 Å². The van der Waals surface area contributed by atoms with Crippen molar-refractivity contribution >= 4 is 11.4 Å². The van der Waals surface area contributed by atoms with E-state index in [1.54, 1.807) is 6.07 Å². The maximum Gasteiger partial charge on any atom is 0.136 e. The fraction of sp³-hybridized carbons (Fsp3) is 0.208. The zero-order valence-electron chi connectivity index (χ0n) is 16.6. The number of anilines is 2. The number of nitrogens with zero attached hydrogens (tertiary/aromatic N) is 3. The molecule has 0 unspecified atom stereocenters. The number of hydrogen-bond donors (Lipinski definition) is 0. The molecule has 3 nitrogen and oxygen atoms in total. The molecule has 3 aromatic rings. The highest BCUT2D eigenvalue weighted by molar-refractivity contribution is 5.72. The monoisotopic (exact) mass is 373 g/mol. The second kappa shape index (κ2) is 7.74. The summed E-state index contributed by atoms with van der Waals surface area (Å²) >= 11 is 0. The van der Waals surface area contributed by atoms with E-state index in [9.17, 15) is 9.65 Å². The molecule has 0 aliphatic rings. The minimum Gasteiger partial charge on any atom is -0.377 e. The molecule has 0 N–H and O–H groups in total. The Morgan fingerprint density at radius 1 is 0.750 bits per heavy atom. The summed E-state index contributed by atoms with van der Waals surface area (Å²) in [4.78, 5) is 3.97. The molecule has 0 atom stereocenters. The molecule has 0 fully saturated rings. The third-order valence-corrected chi connectivity index (χ3v) is 5.01. The fourth-order valence-electron chi connectivity index (χ4n) is 3.72. The highest BCUT2D eigenvalue weighted by Crippen LogP contribution is 2.45. The SMILES string of the molecule is CN(C)c1ccccc1C(C#N)(c1cccc(F)c1)c1ccccc1N(C)C. The summed E-state index contributed by atoms with van der Waals surface area (Å²) in [6.45, 7) is 0. The quantitative estimate of drug-likeness (QED) is 0.601. The van der Waals surface area contributed by atoms with Crippen LogP contribution in [0.5, 0.6) is 0 Å². The largest absolute Gasteiger partial charge is 0.377 e. The highest BCUT2D eigenvalue weighted by Gasteiger charge is 2.41. The van der Waals surface area contributed by atoms with E-state index in [1.165, 1.54) is 12.1 Å². The normalized spacial score (nSPS) is 11.0.